The van der Waals surface area contributed by atoms with Gasteiger partial charge in [-0.1, -0.05) is 43.3 Å². The molecule has 0 radical (unpaired) electrons. The number of aryl methyl sites for hydroxylation is 1. The van der Waals surface area contributed by atoms with Crippen LogP contribution in [0.2, 0.25) is 0 Å². The van der Waals surface area contributed by atoms with E-state index in [1.54, 1.807) is 0 Å². The average molecular weight is 207 g/mol. The average Bonchev–Trinajstić information content (AvgIpc) is 2.52. The minimum Gasteiger partial charge on any atom is -0.248 e. The molecule has 1 aliphatic carbocycles. The largest absolute Gasteiger partial charge is 0.248 e. The Bertz CT molecular complexity index is 613. The van der Waals surface area contributed by atoms with Crippen molar-refractivity contribution in [3.63, 3.8) is 0 Å². The van der Waals surface area contributed by atoms with Crippen LogP contribution in [0.5, 0.6) is 0 Å². The van der Waals surface area contributed by atoms with Crippen LogP contribution in [0.3, 0.4) is 0 Å². The first-order valence-corrected chi connectivity index (χ1v) is 5.66. The first-order chi connectivity index (χ1) is 7.90. The van der Waals surface area contributed by atoms with Crippen molar-refractivity contribution < 1.29 is 0 Å². The molecule has 0 atom stereocenters. The zero-order chi connectivity index (χ0) is 11.0. The summed E-state index contributed by atoms with van der Waals surface area (Å²) >= 11 is 0. The fourth-order valence-electron chi connectivity index (χ4n) is 2.26. The fourth-order valence-corrected chi connectivity index (χ4v) is 2.26. The number of aromatic nitrogens is 1. The molecule has 1 heterocycles. The van der Waals surface area contributed by atoms with Crippen molar-refractivity contribution in [3.05, 3.63) is 54.1 Å². The molecule has 1 aromatic carbocycles. The van der Waals surface area contributed by atoms with Crippen LogP contribution in [0.1, 0.15) is 12.5 Å². The molecular weight excluding hydrogens is 194 g/mol. The smallest absolute Gasteiger partial charge is 0.0719 e. The van der Waals surface area contributed by atoms with Crippen molar-refractivity contribution in [1.82, 2.24) is 4.98 Å². The van der Waals surface area contributed by atoms with E-state index in [2.05, 4.69) is 48.3 Å². The van der Waals surface area contributed by atoms with Gasteiger partial charge < -0.3 is 0 Å². The molecule has 0 N–H and O–H groups in total. The van der Waals surface area contributed by atoms with Crippen LogP contribution in [-0.2, 0) is 6.42 Å². The van der Waals surface area contributed by atoms with E-state index in [1.165, 1.54) is 16.5 Å². The van der Waals surface area contributed by atoms with Crippen molar-refractivity contribution >= 4 is 10.9 Å². The quantitative estimate of drug-likeness (QED) is 0.589. The molecule has 0 saturated heterocycles. The molecule has 0 amide bonds. The number of fused-ring (bicyclic) bond motifs is 3. The zero-order valence-electron chi connectivity index (χ0n) is 9.27. The summed E-state index contributed by atoms with van der Waals surface area (Å²) in [5.74, 6) is 0. The van der Waals surface area contributed by atoms with E-state index in [4.69, 9.17) is 0 Å². The van der Waals surface area contributed by atoms with Crippen molar-refractivity contribution in [1.29, 1.82) is 0 Å². The second-order valence-electron chi connectivity index (χ2n) is 3.99. The first kappa shape index (κ1) is 9.34. The fraction of sp³-hybridized carbons (Fsp3) is 0.133. The predicted molar refractivity (Wildman–Crippen MR) is 67.7 cm³/mol. The molecule has 2 aliphatic rings. The Morgan fingerprint density at radius 3 is 2.69 bits per heavy atom. The Balaban J connectivity index is 2.48. The minimum absolute atomic E-state index is 1.05. The maximum Gasteiger partial charge on any atom is 0.0719 e. The van der Waals surface area contributed by atoms with Gasteiger partial charge in [0.15, 0.2) is 0 Å². The van der Waals surface area contributed by atoms with E-state index in [0.29, 0.717) is 0 Å². The highest BCUT2D eigenvalue weighted by Gasteiger charge is 2.11. The molecule has 0 spiro atoms. The van der Waals surface area contributed by atoms with Crippen LogP contribution in [0.25, 0.3) is 22.2 Å². The lowest BCUT2D eigenvalue weighted by atomic mass is 10.0. The molecule has 0 fully saturated rings. The molecule has 3 rings (SSSR count). The Morgan fingerprint density at radius 1 is 0.938 bits per heavy atom. The zero-order valence-corrected chi connectivity index (χ0v) is 9.27. The first-order valence-electron chi connectivity index (χ1n) is 5.66. The van der Waals surface area contributed by atoms with Crippen LogP contribution < -0.4 is 0 Å². The van der Waals surface area contributed by atoms with Crippen LogP contribution >= 0.6 is 0 Å². The summed E-state index contributed by atoms with van der Waals surface area (Å²) in [5.41, 5.74) is 4.84. The van der Waals surface area contributed by atoms with E-state index < -0.39 is 0 Å². The van der Waals surface area contributed by atoms with Crippen LogP contribution in [0.15, 0.2) is 48.5 Å². The molecule has 0 unspecified atom stereocenters. The lowest BCUT2D eigenvalue weighted by Crippen LogP contribution is -1.80. The number of rotatable bonds is 1. The topological polar surface area (TPSA) is 12.9 Å². The summed E-state index contributed by atoms with van der Waals surface area (Å²) in [6.07, 6.45) is 1.05. The summed E-state index contributed by atoms with van der Waals surface area (Å²) in [7, 11) is 0. The third-order valence-electron chi connectivity index (χ3n) is 3.04. The lowest BCUT2D eigenvalue weighted by molar-refractivity contribution is 1.16. The summed E-state index contributed by atoms with van der Waals surface area (Å²) in [5, 5.41) is 1.32. The summed E-state index contributed by atoms with van der Waals surface area (Å²) in [6, 6.07) is 16.8. The molecule has 0 bridgehead atoms. The van der Waals surface area contributed by atoms with Gasteiger partial charge in [-0.25, -0.2) is 4.98 Å². The summed E-state index contributed by atoms with van der Waals surface area (Å²) < 4.78 is 0. The molecule has 16 heavy (non-hydrogen) atoms. The molecule has 78 valence electrons. The van der Waals surface area contributed by atoms with Gasteiger partial charge in [-0.2, -0.15) is 0 Å². The van der Waals surface area contributed by atoms with E-state index in [-0.39, 0.29) is 0 Å². The molecule has 1 nitrogen and oxygen atoms in total. The van der Waals surface area contributed by atoms with E-state index in [9.17, 15) is 0 Å². The minimum atomic E-state index is 1.05. The Hall–Kier alpha value is -1.89. The van der Waals surface area contributed by atoms with E-state index in [0.717, 1.165) is 17.6 Å². The van der Waals surface area contributed by atoms with Crippen molar-refractivity contribution in [2.75, 3.05) is 0 Å². The molecule has 1 heteroatoms. The number of nitrogens with zero attached hydrogens (tertiary/aromatic N) is 1. The third-order valence-corrected chi connectivity index (χ3v) is 3.04. The Morgan fingerprint density at radius 2 is 1.81 bits per heavy atom. The standard InChI is InChI=1S/C15H13N/c1-2-11-7-6-10-14-15(11)12-8-4-3-5-9-13(12)16-14/h3-10H,2H2,1H3. The highest BCUT2D eigenvalue weighted by Crippen LogP contribution is 2.32. The molecular formula is C15H13N. The number of hydrogen-bond donors (Lipinski definition) is 0. The highest BCUT2D eigenvalue weighted by molar-refractivity contribution is 5.99. The maximum absolute atomic E-state index is 4.66. The monoisotopic (exact) mass is 207 g/mol. The highest BCUT2D eigenvalue weighted by atomic mass is 14.7. The third kappa shape index (κ3) is 1.28. The van der Waals surface area contributed by atoms with Gasteiger partial charge in [0.25, 0.3) is 0 Å². The summed E-state index contributed by atoms with van der Waals surface area (Å²) in [4.78, 5) is 4.66. The normalized spacial score (nSPS) is 11.1. The van der Waals surface area contributed by atoms with Gasteiger partial charge in [0, 0.05) is 10.9 Å². The van der Waals surface area contributed by atoms with Gasteiger partial charge >= 0.3 is 0 Å². The van der Waals surface area contributed by atoms with Crippen LogP contribution in [0.4, 0.5) is 0 Å². The van der Waals surface area contributed by atoms with Crippen LogP contribution in [0, 0.1) is 0 Å². The molecule has 0 aromatic heterocycles. The van der Waals surface area contributed by atoms with Crippen molar-refractivity contribution in [2.24, 2.45) is 0 Å². The van der Waals surface area contributed by atoms with E-state index in [1.807, 2.05) is 12.1 Å². The van der Waals surface area contributed by atoms with Crippen molar-refractivity contribution in [3.8, 4) is 11.3 Å². The van der Waals surface area contributed by atoms with Gasteiger partial charge in [-0.3, -0.25) is 0 Å². The lowest BCUT2D eigenvalue weighted by Gasteiger charge is -1.99. The van der Waals surface area contributed by atoms with Gasteiger partial charge in [0.2, 0.25) is 0 Å². The SMILES string of the molecule is CCc1cccc2nc3cccccc-3c12. The number of hydrogen-bond acceptors (Lipinski definition) is 1. The maximum atomic E-state index is 4.66. The molecule has 1 aromatic rings. The number of benzene rings is 1. The second kappa shape index (κ2) is 3.60. The van der Waals surface area contributed by atoms with Crippen molar-refractivity contribution in [2.45, 2.75) is 13.3 Å². The van der Waals surface area contributed by atoms with Gasteiger partial charge in [0.1, 0.15) is 0 Å². The Labute approximate surface area is 95.1 Å². The van der Waals surface area contributed by atoms with Gasteiger partial charge in [0.05, 0.1) is 11.2 Å². The molecule has 1 aliphatic heterocycles. The Kier molecular flexibility index (Phi) is 2.10. The van der Waals surface area contributed by atoms with E-state index >= 15 is 0 Å². The van der Waals surface area contributed by atoms with Gasteiger partial charge in [-0.15, -0.1) is 0 Å². The van der Waals surface area contributed by atoms with Gasteiger partial charge in [-0.05, 0) is 24.1 Å². The second-order valence-corrected chi connectivity index (χ2v) is 3.99. The van der Waals surface area contributed by atoms with Crippen LogP contribution in [-0.4, -0.2) is 4.98 Å². The summed E-state index contributed by atoms with van der Waals surface area (Å²) in [6.45, 7) is 2.19. The molecule has 0 saturated carbocycles. The predicted octanol–water partition coefficient (Wildman–Crippen LogP) is 3.90.